The molecule has 0 bridgehead atoms. The van der Waals surface area contributed by atoms with Gasteiger partial charge in [0.25, 0.3) is 0 Å². The number of carbonyl (C=O) groups is 2. The van der Waals surface area contributed by atoms with Crippen LogP contribution in [0.1, 0.15) is 29.8 Å². The molecule has 3 N–H and O–H groups in total. The Balaban J connectivity index is 1.66. The predicted molar refractivity (Wildman–Crippen MR) is 76.9 cm³/mol. The summed E-state index contributed by atoms with van der Waals surface area (Å²) in [7, 11) is 0. The van der Waals surface area contributed by atoms with Gasteiger partial charge in [-0.1, -0.05) is 0 Å². The second-order valence-electron chi connectivity index (χ2n) is 6.03. The number of hydrogen-bond donors (Lipinski definition) is 3. The van der Waals surface area contributed by atoms with Crippen LogP contribution < -0.4 is 10.2 Å². The third-order valence-electron chi connectivity index (χ3n) is 4.65. The molecule has 118 valence electrons. The maximum absolute atomic E-state index is 11.1. The first kappa shape index (κ1) is 14.7. The van der Waals surface area contributed by atoms with E-state index in [2.05, 4.69) is 15.3 Å². The standard InChI is InChI=1S/C14H18N4O4/c19-12(20)9-5-14(8-16-9)1-3-18(4-2-14)11-7-15-6-10(17-11)13(21)22/h6-7,9,16H,1-5,8H2,(H,19,20)(H,21,22)/t9-/m1/s1. The Kier molecular flexibility index (Phi) is 3.69. The van der Waals surface area contributed by atoms with Gasteiger partial charge in [0.1, 0.15) is 11.9 Å². The highest BCUT2D eigenvalue weighted by molar-refractivity contribution is 5.85. The fourth-order valence-electron chi connectivity index (χ4n) is 3.29. The highest BCUT2D eigenvalue weighted by atomic mass is 16.4. The molecular weight excluding hydrogens is 288 g/mol. The third-order valence-corrected chi connectivity index (χ3v) is 4.65. The number of anilines is 1. The van der Waals surface area contributed by atoms with E-state index in [1.807, 2.05) is 4.90 Å². The minimum atomic E-state index is -1.09. The average molecular weight is 306 g/mol. The van der Waals surface area contributed by atoms with Crippen LogP contribution in [0.15, 0.2) is 12.4 Å². The fraction of sp³-hybridized carbons (Fsp3) is 0.571. The summed E-state index contributed by atoms with van der Waals surface area (Å²) in [6.07, 6.45) is 5.18. The Hall–Kier alpha value is -2.22. The first-order valence-corrected chi connectivity index (χ1v) is 7.26. The highest BCUT2D eigenvalue weighted by Crippen LogP contribution is 2.40. The van der Waals surface area contributed by atoms with Gasteiger partial charge in [-0.3, -0.25) is 9.78 Å². The molecule has 2 fully saturated rings. The molecule has 0 saturated carbocycles. The minimum Gasteiger partial charge on any atom is -0.480 e. The number of hydrogen-bond acceptors (Lipinski definition) is 6. The highest BCUT2D eigenvalue weighted by Gasteiger charge is 2.43. The molecule has 3 rings (SSSR count). The number of piperidine rings is 1. The van der Waals surface area contributed by atoms with Crippen LogP contribution in [-0.4, -0.2) is 57.8 Å². The molecule has 1 atom stereocenters. The Labute approximate surface area is 127 Å². The molecular formula is C14H18N4O4. The number of rotatable bonds is 3. The summed E-state index contributed by atoms with van der Waals surface area (Å²) in [4.78, 5) is 32.1. The molecule has 2 aliphatic rings. The summed E-state index contributed by atoms with van der Waals surface area (Å²) < 4.78 is 0. The summed E-state index contributed by atoms with van der Waals surface area (Å²) in [6, 6.07) is -0.457. The molecule has 2 aliphatic heterocycles. The fourth-order valence-corrected chi connectivity index (χ4v) is 3.29. The molecule has 0 aromatic carbocycles. The average Bonchev–Trinajstić information content (AvgIpc) is 2.92. The number of carboxylic acid groups (broad SMARTS) is 2. The molecule has 3 heterocycles. The lowest BCUT2D eigenvalue weighted by molar-refractivity contribution is -0.139. The second-order valence-corrected chi connectivity index (χ2v) is 6.03. The molecule has 2 saturated heterocycles. The normalized spacial score (nSPS) is 23.6. The number of nitrogens with zero attached hydrogens (tertiary/aromatic N) is 3. The van der Waals surface area contributed by atoms with E-state index in [9.17, 15) is 9.59 Å². The summed E-state index contributed by atoms with van der Waals surface area (Å²) in [5.74, 6) is -1.32. The number of aliphatic carboxylic acids is 1. The quantitative estimate of drug-likeness (QED) is 0.725. The molecule has 0 radical (unpaired) electrons. The Morgan fingerprint density at radius 1 is 1.27 bits per heavy atom. The summed E-state index contributed by atoms with van der Waals surface area (Å²) >= 11 is 0. The molecule has 0 amide bonds. The van der Waals surface area contributed by atoms with Crippen LogP contribution in [-0.2, 0) is 4.79 Å². The van der Waals surface area contributed by atoms with E-state index in [1.54, 1.807) is 6.20 Å². The zero-order chi connectivity index (χ0) is 15.7. The summed E-state index contributed by atoms with van der Waals surface area (Å²) in [5.41, 5.74) is -0.0385. The predicted octanol–water partition coefficient (Wildman–Crippen LogP) is 0.208. The summed E-state index contributed by atoms with van der Waals surface area (Å²) in [5, 5.41) is 21.1. The van der Waals surface area contributed by atoms with Crippen molar-refractivity contribution < 1.29 is 19.8 Å². The van der Waals surface area contributed by atoms with E-state index in [1.165, 1.54) is 6.20 Å². The largest absolute Gasteiger partial charge is 0.480 e. The number of nitrogens with one attached hydrogen (secondary N) is 1. The molecule has 8 nitrogen and oxygen atoms in total. The summed E-state index contributed by atoms with van der Waals surface area (Å²) in [6.45, 7) is 2.18. The Morgan fingerprint density at radius 3 is 2.59 bits per heavy atom. The number of aromatic carboxylic acids is 1. The van der Waals surface area contributed by atoms with Gasteiger partial charge in [0, 0.05) is 19.6 Å². The zero-order valence-corrected chi connectivity index (χ0v) is 12.0. The van der Waals surface area contributed by atoms with Crippen molar-refractivity contribution in [3.05, 3.63) is 18.1 Å². The van der Waals surface area contributed by atoms with E-state index in [4.69, 9.17) is 10.2 Å². The topological polar surface area (TPSA) is 116 Å². The molecule has 1 spiro atoms. The lowest BCUT2D eigenvalue weighted by Crippen LogP contribution is -2.41. The van der Waals surface area contributed by atoms with E-state index >= 15 is 0 Å². The SMILES string of the molecule is O=C(O)c1cncc(N2CCC3(CC2)CN[C@@H](C(=O)O)C3)n1. The van der Waals surface area contributed by atoms with Crippen LogP contribution in [0.2, 0.25) is 0 Å². The Morgan fingerprint density at radius 2 is 2.00 bits per heavy atom. The van der Waals surface area contributed by atoms with Gasteiger partial charge < -0.3 is 20.4 Å². The van der Waals surface area contributed by atoms with Gasteiger partial charge in [-0.05, 0) is 24.7 Å². The van der Waals surface area contributed by atoms with E-state index in [0.29, 0.717) is 12.2 Å². The second kappa shape index (κ2) is 5.53. The van der Waals surface area contributed by atoms with Gasteiger partial charge in [-0.15, -0.1) is 0 Å². The van der Waals surface area contributed by atoms with Gasteiger partial charge in [0.15, 0.2) is 5.69 Å². The van der Waals surface area contributed by atoms with Crippen molar-refractivity contribution in [1.82, 2.24) is 15.3 Å². The van der Waals surface area contributed by atoms with Crippen molar-refractivity contribution in [3.8, 4) is 0 Å². The van der Waals surface area contributed by atoms with Gasteiger partial charge in [0.05, 0.1) is 12.4 Å². The molecule has 1 aromatic heterocycles. The van der Waals surface area contributed by atoms with Crippen molar-refractivity contribution in [3.63, 3.8) is 0 Å². The third kappa shape index (κ3) is 2.74. The monoisotopic (exact) mass is 306 g/mol. The lowest BCUT2D eigenvalue weighted by Gasteiger charge is -2.39. The van der Waals surface area contributed by atoms with Crippen LogP contribution >= 0.6 is 0 Å². The van der Waals surface area contributed by atoms with Gasteiger partial charge in [0.2, 0.25) is 0 Å². The van der Waals surface area contributed by atoms with Crippen LogP contribution in [0.25, 0.3) is 0 Å². The van der Waals surface area contributed by atoms with E-state index < -0.39 is 18.0 Å². The van der Waals surface area contributed by atoms with Gasteiger partial charge >= 0.3 is 11.9 Å². The van der Waals surface area contributed by atoms with Crippen LogP contribution in [0.3, 0.4) is 0 Å². The smallest absolute Gasteiger partial charge is 0.356 e. The molecule has 1 aromatic rings. The maximum atomic E-state index is 11.1. The van der Waals surface area contributed by atoms with Crippen molar-refractivity contribution in [2.75, 3.05) is 24.5 Å². The first-order chi connectivity index (χ1) is 10.5. The van der Waals surface area contributed by atoms with Gasteiger partial charge in [-0.2, -0.15) is 0 Å². The van der Waals surface area contributed by atoms with Crippen molar-refractivity contribution >= 4 is 17.8 Å². The molecule has 0 unspecified atom stereocenters. The molecule has 8 heteroatoms. The van der Waals surface area contributed by atoms with Crippen LogP contribution in [0.5, 0.6) is 0 Å². The lowest BCUT2D eigenvalue weighted by atomic mass is 9.76. The van der Waals surface area contributed by atoms with E-state index in [0.717, 1.165) is 32.5 Å². The van der Waals surface area contributed by atoms with Crippen molar-refractivity contribution in [1.29, 1.82) is 0 Å². The zero-order valence-electron chi connectivity index (χ0n) is 12.0. The van der Waals surface area contributed by atoms with E-state index in [-0.39, 0.29) is 11.1 Å². The van der Waals surface area contributed by atoms with Crippen molar-refractivity contribution in [2.24, 2.45) is 5.41 Å². The Bertz CT molecular complexity index is 598. The van der Waals surface area contributed by atoms with Crippen molar-refractivity contribution in [2.45, 2.75) is 25.3 Å². The number of carboxylic acids is 2. The maximum Gasteiger partial charge on any atom is 0.356 e. The minimum absolute atomic E-state index is 0.0252. The number of aromatic nitrogens is 2. The van der Waals surface area contributed by atoms with Gasteiger partial charge in [-0.25, -0.2) is 9.78 Å². The van der Waals surface area contributed by atoms with Crippen LogP contribution in [0.4, 0.5) is 5.82 Å². The molecule has 22 heavy (non-hydrogen) atoms. The van der Waals surface area contributed by atoms with Crippen LogP contribution in [0, 0.1) is 5.41 Å². The molecule has 0 aliphatic carbocycles. The first-order valence-electron chi connectivity index (χ1n) is 7.26.